The van der Waals surface area contributed by atoms with Crippen molar-refractivity contribution in [3.63, 3.8) is 0 Å². The topological polar surface area (TPSA) is 47.8 Å². The Morgan fingerprint density at radius 2 is 2.33 bits per heavy atom. The zero-order valence-corrected chi connectivity index (χ0v) is 9.41. The molecule has 0 aromatic carbocycles. The van der Waals surface area contributed by atoms with E-state index in [2.05, 4.69) is 10.3 Å². The van der Waals surface area contributed by atoms with Crippen LogP contribution in [0.2, 0.25) is 0 Å². The molecule has 0 bridgehead atoms. The lowest BCUT2D eigenvalue weighted by atomic mass is 10.1. The molecule has 0 aliphatic heterocycles. The van der Waals surface area contributed by atoms with E-state index in [1.165, 1.54) is 0 Å². The Bertz CT molecular complexity index is 486. The Balaban J connectivity index is 2.14. The smallest absolute Gasteiger partial charge is 0.170 e. The number of hydrogen-bond donors (Lipinski definition) is 0. The van der Waals surface area contributed by atoms with Crippen molar-refractivity contribution in [2.75, 3.05) is 0 Å². The molecule has 0 aliphatic rings. The molecule has 15 heavy (non-hydrogen) atoms. The second kappa shape index (κ2) is 3.94. The van der Waals surface area contributed by atoms with E-state index >= 15 is 0 Å². The first-order valence-electron chi connectivity index (χ1n) is 4.58. The third-order valence-electron chi connectivity index (χ3n) is 2.15. The number of aromatic nitrogens is 3. The maximum absolute atomic E-state index is 11.8. The van der Waals surface area contributed by atoms with Gasteiger partial charge < -0.3 is 0 Å². The van der Waals surface area contributed by atoms with Crippen molar-refractivity contribution in [2.24, 2.45) is 7.05 Å². The van der Waals surface area contributed by atoms with Crippen molar-refractivity contribution >= 4 is 17.1 Å². The summed E-state index contributed by atoms with van der Waals surface area (Å²) in [5.41, 5.74) is 2.55. The van der Waals surface area contributed by atoms with Gasteiger partial charge in [-0.25, -0.2) is 0 Å². The first kappa shape index (κ1) is 10.0. The normalized spacial score (nSPS) is 10.5. The van der Waals surface area contributed by atoms with E-state index in [4.69, 9.17) is 0 Å². The lowest BCUT2D eigenvalue weighted by Gasteiger charge is -1.95. The number of nitrogens with zero attached hydrogens (tertiary/aromatic N) is 3. The summed E-state index contributed by atoms with van der Waals surface area (Å²) in [4.78, 5) is 11.8. The molecular weight excluding hydrogens is 210 g/mol. The summed E-state index contributed by atoms with van der Waals surface area (Å²) in [6.45, 7) is 1.94. The fourth-order valence-corrected chi connectivity index (χ4v) is 2.23. The molecule has 0 radical (unpaired) electrons. The van der Waals surface area contributed by atoms with Crippen molar-refractivity contribution < 1.29 is 4.79 Å². The molecule has 0 saturated heterocycles. The molecule has 2 heterocycles. The van der Waals surface area contributed by atoms with Crippen LogP contribution in [0.25, 0.3) is 0 Å². The standard InChI is InChI=1S/C10H11N3OS/c1-7-5-15-6-9(7)10(14)3-8-4-13(2)12-11-8/h4-6H,3H2,1-2H3. The van der Waals surface area contributed by atoms with Gasteiger partial charge in [0.05, 0.1) is 12.1 Å². The van der Waals surface area contributed by atoms with Crippen LogP contribution in [0.15, 0.2) is 17.0 Å². The van der Waals surface area contributed by atoms with E-state index < -0.39 is 0 Å². The van der Waals surface area contributed by atoms with Crippen molar-refractivity contribution in [3.8, 4) is 0 Å². The van der Waals surface area contributed by atoms with Gasteiger partial charge in [-0.2, -0.15) is 11.3 Å². The number of aryl methyl sites for hydroxylation is 2. The van der Waals surface area contributed by atoms with Crippen LogP contribution in [-0.4, -0.2) is 20.8 Å². The van der Waals surface area contributed by atoms with Crippen molar-refractivity contribution in [1.82, 2.24) is 15.0 Å². The van der Waals surface area contributed by atoms with Gasteiger partial charge in [0.2, 0.25) is 0 Å². The summed E-state index contributed by atoms with van der Waals surface area (Å²) < 4.78 is 1.60. The van der Waals surface area contributed by atoms with Gasteiger partial charge >= 0.3 is 0 Å². The van der Waals surface area contributed by atoms with E-state index in [0.717, 1.165) is 11.1 Å². The minimum absolute atomic E-state index is 0.106. The molecule has 0 unspecified atom stereocenters. The summed E-state index contributed by atoms with van der Waals surface area (Å²) in [7, 11) is 1.79. The summed E-state index contributed by atoms with van der Waals surface area (Å²) in [6, 6.07) is 0. The molecular formula is C10H11N3OS. The molecule has 2 rings (SSSR count). The van der Waals surface area contributed by atoms with Crippen molar-refractivity contribution in [3.05, 3.63) is 33.8 Å². The molecule has 0 aliphatic carbocycles. The highest BCUT2D eigenvalue weighted by atomic mass is 32.1. The van der Waals surface area contributed by atoms with Crippen LogP contribution in [0.5, 0.6) is 0 Å². The maximum Gasteiger partial charge on any atom is 0.170 e. The van der Waals surface area contributed by atoms with Gasteiger partial charge in [0, 0.05) is 24.2 Å². The molecule has 0 amide bonds. The fraction of sp³-hybridized carbons (Fsp3) is 0.300. The van der Waals surface area contributed by atoms with Gasteiger partial charge in [0.1, 0.15) is 0 Å². The van der Waals surface area contributed by atoms with Gasteiger partial charge in [-0.05, 0) is 17.9 Å². The Labute approximate surface area is 91.5 Å². The number of Topliss-reactive ketones (excluding diaryl/α,β-unsaturated/α-hetero) is 1. The Morgan fingerprint density at radius 3 is 2.87 bits per heavy atom. The Kier molecular flexibility index (Phi) is 2.64. The van der Waals surface area contributed by atoms with Crippen LogP contribution in [0.3, 0.4) is 0 Å². The highest BCUT2D eigenvalue weighted by molar-refractivity contribution is 7.08. The van der Waals surface area contributed by atoms with Crippen LogP contribution in [0.4, 0.5) is 0 Å². The van der Waals surface area contributed by atoms with Gasteiger partial charge in [-0.3, -0.25) is 9.48 Å². The first-order valence-corrected chi connectivity index (χ1v) is 5.52. The van der Waals surface area contributed by atoms with Crippen LogP contribution in [-0.2, 0) is 13.5 Å². The third-order valence-corrected chi connectivity index (χ3v) is 3.01. The van der Waals surface area contributed by atoms with E-state index in [0.29, 0.717) is 12.1 Å². The maximum atomic E-state index is 11.8. The number of thiophene rings is 1. The molecule has 0 N–H and O–H groups in total. The molecule has 5 heteroatoms. The lowest BCUT2D eigenvalue weighted by molar-refractivity contribution is 0.0992. The van der Waals surface area contributed by atoms with Crippen LogP contribution < -0.4 is 0 Å². The zero-order chi connectivity index (χ0) is 10.8. The van der Waals surface area contributed by atoms with Crippen molar-refractivity contribution in [1.29, 1.82) is 0 Å². The molecule has 0 fully saturated rings. The van der Waals surface area contributed by atoms with Gasteiger partial charge in [0.25, 0.3) is 0 Å². The second-order valence-corrected chi connectivity index (χ2v) is 4.20. The van der Waals surface area contributed by atoms with Crippen LogP contribution in [0.1, 0.15) is 21.6 Å². The summed E-state index contributed by atoms with van der Waals surface area (Å²) in [5, 5.41) is 11.5. The van der Waals surface area contributed by atoms with E-state index in [1.807, 2.05) is 17.7 Å². The first-order chi connectivity index (χ1) is 7.16. The van der Waals surface area contributed by atoms with Crippen LogP contribution in [0, 0.1) is 6.92 Å². The number of carbonyl (C=O) groups excluding carboxylic acids is 1. The predicted octanol–water partition coefficient (Wildman–Crippen LogP) is 1.61. The molecule has 2 aromatic rings. The quantitative estimate of drug-likeness (QED) is 0.740. The number of carbonyl (C=O) groups is 1. The minimum atomic E-state index is 0.106. The molecule has 78 valence electrons. The largest absolute Gasteiger partial charge is 0.294 e. The predicted molar refractivity (Wildman–Crippen MR) is 58.1 cm³/mol. The summed E-state index contributed by atoms with van der Waals surface area (Å²) in [5.74, 6) is 0.106. The average Bonchev–Trinajstić information content (AvgIpc) is 2.75. The molecule has 2 aromatic heterocycles. The SMILES string of the molecule is Cc1cscc1C(=O)Cc1cn(C)nn1. The summed E-state index contributed by atoms with van der Waals surface area (Å²) >= 11 is 1.55. The van der Waals surface area contributed by atoms with E-state index in [9.17, 15) is 4.79 Å². The zero-order valence-electron chi connectivity index (χ0n) is 8.60. The average molecular weight is 221 g/mol. The highest BCUT2D eigenvalue weighted by Crippen LogP contribution is 2.15. The third kappa shape index (κ3) is 2.12. The molecule has 0 saturated carbocycles. The van der Waals surface area contributed by atoms with Gasteiger partial charge in [-0.1, -0.05) is 5.21 Å². The Morgan fingerprint density at radius 1 is 1.53 bits per heavy atom. The molecule has 4 nitrogen and oxygen atoms in total. The fourth-order valence-electron chi connectivity index (χ4n) is 1.38. The number of rotatable bonds is 3. The second-order valence-electron chi connectivity index (χ2n) is 3.45. The number of ketones is 1. The molecule has 0 atom stereocenters. The summed E-state index contributed by atoms with van der Waals surface area (Å²) in [6.07, 6.45) is 2.09. The van der Waals surface area contributed by atoms with E-state index in [1.54, 1.807) is 29.3 Å². The lowest BCUT2D eigenvalue weighted by Crippen LogP contribution is -2.04. The van der Waals surface area contributed by atoms with Gasteiger partial charge in [-0.15, -0.1) is 5.10 Å². The highest BCUT2D eigenvalue weighted by Gasteiger charge is 2.12. The monoisotopic (exact) mass is 221 g/mol. The Hall–Kier alpha value is -1.49. The minimum Gasteiger partial charge on any atom is -0.294 e. The number of hydrogen-bond acceptors (Lipinski definition) is 4. The van der Waals surface area contributed by atoms with Crippen LogP contribution >= 0.6 is 11.3 Å². The molecule has 0 spiro atoms. The van der Waals surface area contributed by atoms with E-state index in [-0.39, 0.29) is 5.78 Å². The van der Waals surface area contributed by atoms with Gasteiger partial charge in [0.15, 0.2) is 5.78 Å². The van der Waals surface area contributed by atoms with Crippen molar-refractivity contribution in [2.45, 2.75) is 13.3 Å².